The lowest BCUT2D eigenvalue weighted by Gasteiger charge is -2.28. The second-order valence-corrected chi connectivity index (χ2v) is 14.2. The number of fused-ring (bicyclic) bond motifs is 5. The fourth-order valence-corrected chi connectivity index (χ4v) is 8.12. The van der Waals surface area contributed by atoms with Crippen LogP contribution in [0.25, 0.3) is 54.6 Å². The summed E-state index contributed by atoms with van der Waals surface area (Å²) >= 11 is 0. The number of hydrogen-bond acceptors (Lipinski definition) is 2. The van der Waals surface area contributed by atoms with Gasteiger partial charge in [-0.25, -0.2) is 0 Å². The van der Waals surface area contributed by atoms with Crippen molar-refractivity contribution in [1.29, 1.82) is 0 Å². The molecule has 0 aliphatic carbocycles. The Morgan fingerprint density at radius 3 is 1.25 bits per heavy atom. The highest BCUT2D eigenvalue weighted by Crippen LogP contribution is 2.44. The van der Waals surface area contributed by atoms with Gasteiger partial charge in [-0.05, 0) is 116 Å². The molecular formula is C54H38N2. The zero-order valence-corrected chi connectivity index (χ0v) is 30.8. The van der Waals surface area contributed by atoms with Crippen molar-refractivity contribution in [3.8, 4) is 22.3 Å². The van der Waals surface area contributed by atoms with E-state index in [1.54, 1.807) is 0 Å². The first-order valence-electron chi connectivity index (χ1n) is 19.2. The monoisotopic (exact) mass is 714 g/mol. The molecule has 0 radical (unpaired) electrons. The first kappa shape index (κ1) is 33.2. The normalized spacial score (nSPS) is 11.2. The summed E-state index contributed by atoms with van der Waals surface area (Å²) in [7, 11) is 0. The van der Waals surface area contributed by atoms with E-state index in [2.05, 4.69) is 240 Å². The van der Waals surface area contributed by atoms with Crippen molar-refractivity contribution >= 4 is 66.4 Å². The standard InChI is InChI=1S/C54H38N2/c1-5-14-39(15-6-1)41-24-30-47(31-25-41)55(45-19-9-3-10-20-45)49-34-37-50-44(38-49)29-36-52-51(50)35-28-43-18-13-23-53(54(43)52)56(46-21-11-4-12-22-46)48-32-26-42(27-33-48)40-16-7-2-8-17-40/h1-38H. The van der Waals surface area contributed by atoms with E-state index in [-0.39, 0.29) is 0 Å². The summed E-state index contributed by atoms with van der Waals surface area (Å²) in [4.78, 5) is 4.74. The predicted molar refractivity (Wildman–Crippen MR) is 239 cm³/mol. The van der Waals surface area contributed by atoms with E-state index in [9.17, 15) is 0 Å². The molecule has 0 aliphatic heterocycles. The molecular weight excluding hydrogens is 677 g/mol. The van der Waals surface area contributed by atoms with E-state index in [0.29, 0.717) is 0 Å². The quantitative estimate of drug-likeness (QED) is 0.145. The van der Waals surface area contributed by atoms with E-state index in [1.807, 2.05) is 0 Å². The molecule has 0 aliphatic rings. The first-order chi connectivity index (χ1) is 27.8. The smallest absolute Gasteiger partial charge is 0.0546 e. The number of para-hydroxylation sites is 2. The van der Waals surface area contributed by atoms with Crippen LogP contribution in [0.5, 0.6) is 0 Å². The second-order valence-electron chi connectivity index (χ2n) is 14.2. The highest BCUT2D eigenvalue weighted by Gasteiger charge is 2.19. The number of rotatable bonds is 8. The third-order valence-corrected chi connectivity index (χ3v) is 10.8. The Hall–Kier alpha value is -7.42. The molecule has 0 saturated carbocycles. The van der Waals surface area contributed by atoms with Crippen molar-refractivity contribution in [3.05, 3.63) is 231 Å². The Kier molecular flexibility index (Phi) is 8.55. The van der Waals surface area contributed by atoms with E-state index in [4.69, 9.17) is 0 Å². The molecule has 10 aromatic rings. The SMILES string of the molecule is c1ccc(-c2ccc(N(c3ccccc3)c3ccc4c(ccc5c4ccc4cccc(N(c6ccccc6)c6ccc(-c7ccccc7)cc6)c45)c3)cc2)cc1. The fraction of sp³-hybridized carbons (Fsp3) is 0. The van der Waals surface area contributed by atoms with Crippen LogP contribution in [0.15, 0.2) is 231 Å². The molecule has 10 aromatic carbocycles. The Labute approximate surface area is 327 Å². The zero-order chi connectivity index (χ0) is 37.3. The van der Waals surface area contributed by atoms with Gasteiger partial charge in [0.25, 0.3) is 0 Å². The molecule has 0 spiro atoms. The van der Waals surface area contributed by atoms with E-state index in [1.165, 1.54) is 54.6 Å². The van der Waals surface area contributed by atoms with Crippen molar-refractivity contribution in [2.75, 3.05) is 9.80 Å². The van der Waals surface area contributed by atoms with Gasteiger partial charge in [0.1, 0.15) is 0 Å². The van der Waals surface area contributed by atoms with Gasteiger partial charge in [0.2, 0.25) is 0 Å². The lowest BCUT2D eigenvalue weighted by Crippen LogP contribution is -2.10. The summed E-state index contributed by atoms with van der Waals surface area (Å²) in [6.45, 7) is 0. The third kappa shape index (κ3) is 6.14. The Bertz CT molecular complexity index is 2920. The minimum absolute atomic E-state index is 1.11. The van der Waals surface area contributed by atoms with Crippen LogP contribution in [0, 0.1) is 0 Å². The summed E-state index contributed by atoms with van der Waals surface area (Å²) in [5.74, 6) is 0. The summed E-state index contributed by atoms with van der Waals surface area (Å²) in [6.07, 6.45) is 0. The van der Waals surface area contributed by atoms with Gasteiger partial charge in [0, 0.05) is 33.8 Å². The topological polar surface area (TPSA) is 6.48 Å². The minimum Gasteiger partial charge on any atom is -0.310 e. The van der Waals surface area contributed by atoms with E-state index >= 15 is 0 Å². The maximum atomic E-state index is 2.39. The van der Waals surface area contributed by atoms with Gasteiger partial charge in [0.05, 0.1) is 5.69 Å². The number of nitrogens with zero attached hydrogens (tertiary/aromatic N) is 2. The highest BCUT2D eigenvalue weighted by molar-refractivity contribution is 6.21. The molecule has 0 fully saturated rings. The summed E-state index contributed by atoms with van der Waals surface area (Å²) in [6, 6.07) is 83.0. The van der Waals surface area contributed by atoms with Crippen molar-refractivity contribution in [2.24, 2.45) is 0 Å². The van der Waals surface area contributed by atoms with Gasteiger partial charge in [-0.2, -0.15) is 0 Å². The van der Waals surface area contributed by atoms with Gasteiger partial charge >= 0.3 is 0 Å². The highest BCUT2D eigenvalue weighted by atomic mass is 15.1. The van der Waals surface area contributed by atoms with Crippen LogP contribution in [0.3, 0.4) is 0 Å². The van der Waals surface area contributed by atoms with Crippen LogP contribution in [-0.4, -0.2) is 0 Å². The molecule has 2 heteroatoms. The van der Waals surface area contributed by atoms with Gasteiger partial charge in [0.15, 0.2) is 0 Å². The van der Waals surface area contributed by atoms with Crippen molar-refractivity contribution in [1.82, 2.24) is 0 Å². The molecule has 0 bridgehead atoms. The number of hydrogen-bond donors (Lipinski definition) is 0. The maximum Gasteiger partial charge on any atom is 0.0546 e. The van der Waals surface area contributed by atoms with Crippen LogP contribution in [0.1, 0.15) is 0 Å². The van der Waals surface area contributed by atoms with Crippen molar-refractivity contribution in [2.45, 2.75) is 0 Å². The molecule has 0 unspecified atom stereocenters. The molecule has 2 nitrogen and oxygen atoms in total. The zero-order valence-electron chi connectivity index (χ0n) is 30.8. The summed E-state index contributed by atoms with van der Waals surface area (Å²) in [5.41, 5.74) is 11.6. The maximum absolute atomic E-state index is 2.39. The molecule has 0 atom stereocenters. The second kappa shape index (κ2) is 14.4. The van der Waals surface area contributed by atoms with Gasteiger partial charge in [-0.15, -0.1) is 0 Å². The van der Waals surface area contributed by atoms with Crippen LogP contribution in [0.2, 0.25) is 0 Å². The van der Waals surface area contributed by atoms with Crippen LogP contribution < -0.4 is 9.80 Å². The Morgan fingerprint density at radius 2 is 0.661 bits per heavy atom. The molecule has 0 heterocycles. The van der Waals surface area contributed by atoms with Gasteiger partial charge < -0.3 is 9.80 Å². The van der Waals surface area contributed by atoms with Gasteiger partial charge in [-0.3, -0.25) is 0 Å². The van der Waals surface area contributed by atoms with Crippen LogP contribution >= 0.6 is 0 Å². The fourth-order valence-electron chi connectivity index (χ4n) is 8.12. The molecule has 0 amide bonds. The van der Waals surface area contributed by atoms with E-state index < -0.39 is 0 Å². The molecule has 0 aromatic heterocycles. The van der Waals surface area contributed by atoms with Crippen molar-refractivity contribution < 1.29 is 0 Å². The third-order valence-electron chi connectivity index (χ3n) is 10.8. The average Bonchev–Trinajstić information content (AvgIpc) is 3.28. The van der Waals surface area contributed by atoms with Crippen molar-refractivity contribution in [3.63, 3.8) is 0 Å². The van der Waals surface area contributed by atoms with Gasteiger partial charge in [-0.1, -0.05) is 164 Å². The number of anilines is 6. The summed E-state index contributed by atoms with van der Waals surface area (Å²) in [5, 5.41) is 7.34. The van der Waals surface area contributed by atoms with Crippen LogP contribution in [0.4, 0.5) is 34.1 Å². The summed E-state index contributed by atoms with van der Waals surface area (Å²) < 4.78 is 0. The molecule has 10 rings (SSSR count). The molecule has 264 valence electrons. The van der Waals surface area contributed by atoms with E-state index in [0.717, 1.165) is 34.1 Å². The minimum atomic E-state index is 1.11. The average molecular weight is 715 g/mol. The first-order valence-corrected chi connectivity index (χ1v) is 19.2. The molecule has 56 heavy (non-hydrogen) atoms. The lowest BCUT2D eigenvalue weighted by atomic mass is 9.95. The molecule has 0 N–H and O–H groups in total. The molecule has 0 saturated heterocycles. The lowest BCUT2D eigenvalue weighted by molar-refractivity contribution is 1.29. The largest absolute Gasteiger partial charge is 0.310 e. The van der Waals surface area contributed by atoms with Crippen LogP contribution in [-0.2, 0) is 0 Å². The Morgan fingerprint density at radius 1 is 0.232 bits per heavy atom. The predicted octanol–water partition coefficient (Wildman–Crippen LogP) is 15.4. The Balaban J connectivity index is 1.10. The number of benzene rings is 10.